The first-order valence-electron chi connectivity index (χ1n) is 7.36. The number of carbonyl (C=O) groups is 2. The maximum Gasteiger partial charge on any atom is 0.408 e. The minimum absolute atomic E-state index is 0.0206. The number of hydrogen-bond acceptors (Lipinski definition) is 9. The average molecular weight is 348 g/mol. The van der Waals surface area contributed by atoms with Crippen LogP contribution in [-0.2, 0) is 28.6 Å². The van der Waals surface area contributed by atoms with Gasteiger partial charge in [-0.15, -0.1) is 10.1 Å². The molecule has 4 atom stereocenters. The Morgan fingerprint density at radius 1 is 1.21 bits per heavy atom. The molecule has 0 radical (unpaired) electrons. The molecule has 0 bridgehead atoms. The molecule has 2 fully saturated rings. The molecule has 11 heteroatoms. The van der Waals surface area contributed by atoms with Gasteiger partial charge in [0, 0.05) is 0 Å². The van der Waals surface area contributed by atoms with Crippen LogP contribution in [0.1, 0.15) is 20.8 Å². The topological polar surface area (TPSA) is 135 Å². The van der Waals surface area contributed by atoms with Gasteiger partial charge >= 0.3 is 12.1 Å². The Hall–Kier alpha value is -2.14. The molecule has 2 aliphatic rings. The standard InChI is InChI=1S/C13H20N2O9/c1-13(2,3)23-9(16)4-14-12(17)22-7-5-20-11-8(24-15(18)19)6-21-10(7)11/h7-8,10-11H,4-6H2,1-3H3,(H,14,17)/t7-,8+,10+,11+/m0/s1. The zero-order chi connectivity index (χ0) is 17.9. The van der Waals surface area contributed by atoms with Gasteiger partial charge in [0.15, 0.2) is 12.2 Å². The summed E-state index contributed by atoms with van der Waals surface area (Å²) in [5.41, 5.74) is -0.654. The van der Waals surface area contributed by atoms with Gasteiger partial charge in [0.1, 0.15) is 24.4 Å². The van der Waals surface area contributed by atoms with Crippen LogP contribution in [0.15, 0.2) is 0 Å². The first-order valence-corrected chi connectivity index (χ1v) is 7.36. The Labute approximate surface area is 137 Å². The summed E-state index contributed by atoms with van der Waals surface area (Å²) in [4.78, 5) is 38.1. The SMILES string of the molecule is CC(C)(C)OC(=O)CNC(=O)O[C@H]1CO[C@H]2[C@@H]1OC[C@H]2O[N+](=O)[O-]. The van der Waals surface area contributed by atoms with E-state index in [-0.39, 0.29) is 19.8 Å². The van der Waals surface area contributed by atoms with Gasteiger partial charge in [-0.05, 0) is 20.8 Å². The molecule has 24 heavy (non-hydrogen) atoms. The number of carbonyl (C=O) groups excluding carboxylic acids is 2. The molecule has 2 rings (SSSR count). The van der Waals surface area contributed by atoms with Crippen molar-refractivity contribution in [2.24, 2.45) is 0 Å². The molecular weight excluding hydrogens is 328 g/mol. The molecule has 2 aliphatic heterocycles. The normalized spacial score (nSPS) is 28.8. The van der Waals surface area contributed by atoms with Gasteiger partial charge in [0.05, 0.1) is 13.2 Å². The van der Waals surface area contributed by atoms with E-state index >= 15 is 0 Å². The predicted molar refractivity (Wildman–Crippen MR) is 75.5 cm³/mol. The first kappa shape index (κ1) is 18.2. The Kier molecular flexibility index (Phi) is 5.44. The highest BCUT2D eigenvalue weighted by molar-refractivity contribution is 5.78. The third kappa shape index (κ3) is 4.93. The molecule has 2 saturated heterocycles. The van der Waals surface area contributed by atoms with Crippen LogP contribution in [0, 0.1) is 10.1 Å². The van der Waals surface area contributed by atoms with Crippen LogP contribution in [0.2, 0.25) is 0 Å². The minimum atomic E-state index is -0.915. The van der Waals surface area contributed by atoms with Gasteiger partial charge in [0.25, 0.3) is 5.09 Å². The summed E-state index contributed by atoms with van der Waals surface area (Å²) < 4.78 is 20.9. The van der Waals surface area contributed by atoms with Crippen LogP contribution in [0.4, 0.5) is 4.79 Å². The molecule has 136 valence electrons. The van der Waals surface area contributed by atoms with E-state index in [0.29, 0.717) is 0 Å². The number of nitrogens with zero attached hydrogens (tertiary/aromatic N) is 1. The second-order valence-electron chi connectivity index (χ2n) is 6.35. The van der Waals surface area contributed by atoms with Crippen molar-refractivity contribution < 1.29 is 38.5 Å². The van der Waals surface area contributed by atoms with E-state index in [0.717, 1.165) is 0 Å². The lowest BCUT2D eigenvalue weighted by Crippen LogP contribution is -2.40. The molecule has 1 N–H and O–H groups in total. The molecule has 0 spiro atoms. The summed E-state index contributed by atoms with van der Waals surface area (Å²) in [6.45, 7) is 4.77. The van der Waals surface area contributed by atoms with Gasteiger partial charge in [-0.3, -0.25) is 4.79 Å². The number of alkyl carbamates (subject to hydrolysis) is 1. The number of rotatable bonds is 5. The number of fused-ring (bicyclic) bond motifs is 1. The van der Waals surface area contributed by atoms with Crippen molar-refractivity contribution in [2.75, 3.05) is 19.8 Å². The Bertz CT molecular complexity index is 504. The summed E-state index contributed by atoms with van der Waals surface area (Å²) in [7, 11) is 0. The Balaban J connectivity index is 1.75. The molecule has 11 nitrogen and oxygen atoms in total. The zero-order valence-corrected chi connectivity index (χ0v) is 13.6. The van der Waals surface area contributed by atoms with Crippen molar-refractivity contribution in [1.82, 2.24) is 5.32 Å². The van der Waals surface area contributed by atoms with E-state index in [1.54, 1.807) is 20.8 Å². The quantitative estimate of drug-likeness (QED) is 0.407. The Morgan fingerprint density at radius 2 is 1.79 bits per heavy atom. The fourth-order valence-corrected chi connectivity index (χ4v) is 2.43. The van der Waals surface area contributed by atoms with Crippen LogP contribution >= 0.6 is 0 Å². The third-order valence-corrected chi connectivity index (χ3v) is 3.24. The fourth-order valence-electron chi connectivity index (χ4n) is 2.43. The van der Waals surface area contributed by atoms with E-state index in [9.17, 15) is 19.7 Å². The highest BCUT2D eigenvalue weighted by Crippen LogP contribution is 2.30. The summed E-state index contributed by atoms with van der Waals surface area (Å²) in [6.07, 6.45) is -3.77. The summed E-state index contributed by atoms with van der Waals surface area (Å²) in [6, 6.07) is 0. The lowest BCUT2D eigenvalue weighted by Gasteiger charge is -2.20. The molecule has 2 heterocycles. The smallest absolute Gasteiger partial charge is 0.408 e. The van der Waals surface area contributed by atoms with Gasteiger partial charge in [0.2, 0.25) is 0 Å². The van der Waals surface area contributed by atoms with E-state index in [4.69, 9.17) is 18.9 Å². The molecule has 0 saturated carbocycles. The van der Waals surface area contributed by atoms with Crippen molar-refractivity contribution in [3.63, 3.8) is 0 Å². The number of hydrogen-bond donors (Lipinski definition) is 1. The first-order chi connectivity index (χ1) is 11.2. The van der Waals surface area contributed by atoms with Crippen LogP contribution in [-0.4, -0.2) is 66.9 Å². The lowest BCUT2D eigenvalue weighted by atomic mass is 10.1. The van der Waals surface area contributed by atoms with Gasteiger partial charge in [-0.2, -0.15) is 0 Å². The summed E-state index contributed by atoms with van der Waals surface area (Å²) in [5, 5.41) is 11.7. The molecule has 0 aromatic carbocycles. The van der Waals surface area contributed by atoms with Gasteiger partial charge in [-0.1, -0.05) is 0 Å². The minimum Gasteiger partial charge on any atom is -0.459 e. The van der Waals surface area contributed by atoms with E-state index in [1.165, 1.54) is 0 Å². The molecule has 0 aromatic heterocycles. The highest BCUT2D eigenvalue weighted by Gasteiger charge is 2.51. The molecule has 1 amide bonds. The predicted octanol–water partition coefficient (Wildman–Crippen LogP) is -0.203. The van der Waals surface area contributed by atoms with E-state index < -0.39 is 47.2 Å². The molecule has 0 unspecified atom stereocenters. The largest absolute Gasteiger partial charge is 0.459 e. The van der Waals surface area contributed by atoms with E-state index in [2.05, 4.69) is 10.2 Å². The maximum atomic E-state index is 11.7. The fraction of sp³-hybridized carbons (Fsp3) is 0.846. The zero-order valence-electron chi connectivity index (χ0n) is 13.6. The maximum absolute atomic E-state index is 11.7. The second kappa shape index (κ2) is 7.18. The summed E-state index contributed by atoms with van der Waals surface area (Å²) >= 11 is 0. The van der Waals surface area contributed by atoms with Crippen molar-refractivity contribution in [3.05, 3.63) is 10.1 Å². The van der Waals surface area contributed by atoms with Crippen molar-refractivity contribution in [3.8, 4) is 0 Å². The average Bonchev–Trinajstić information content (AvgIpc) is 2.99. The molecule has 0 aromatic rings. The number of ether oxygens (including phenoxy) is 4. The number of amides is 1. The van der Waals surface area contributed by atoms with Crippen molar-refractivity contribution in [2.45, 2.75) is 50.8 Å². The Morgan fingerprint density at radius 3 is 2.38 bits per heavy atom. The lowest BCUT2D eigenvalue weighted by molar-refractivity contribution is -0.769. The van der Waals surface area contributed by atoms with Crippen molar-refractivity contribution >= 4 is 12.1 Å². The van der Waals surface area contributed by atoms with Crippen molar-refractivity contribution in [1.29, 1.82) is 0 Å². The van der Waals surface area contributed by atoms with Crippen LogP contribution in [0.3, 0.4) is 0 Å². The van der Waals surface area contributed by atoms with Crippen LogP contribution in [0.25, 0.3) is 0 Å². The second-order valence-corrected chi connectivity index (χ2v) is 6.35. The number of nitrogens with one attached hydrogen (secondary N) is 1. The summed E-state index contributed by atoms with van der Waals surface area (Å²) in [5.74, 6) is -0.600. The molecular formula is C13H20N2O9. The monoisotopic (exact) mass is 348 g/mol. The molecule has 0 aliphatic carbocycles. The van der Waals surface area contributed by atoms with Crippen LogP contribution in [0.5, 0.6) is 0 Å². The highest BCUT2D eigenvalue weighted by atomic mass is 17.0. The third-order valence-electron chi connectivity index (χ3n) is 3.24. The van der Waals surface area contributed by atoms with E-state index in [1.807, 2.05) is 0 Å². The van der Waals surface area contributed by atoms with Gasteiger partial charge < -0.3 is 29.1 Å². The van der Waals surface area contributed by atoms with Crippen LogP contribution < -0.4 is 5.32 Å². The van der Waals surface area contributed by atoms with Gasteiger partial charge in [-0.25, -0.2) is 4.79 Å². The number of esters is 1.